The SMILES string of the molecule is CN(C)c1ccc(C(=O)NC2CCN(C(=O)c3cccc(O)c3)CC2)cc1. The van der Waals surface area contributed by atoms with Gasteiger partial charge < -0.3 is 20.2 Å². The second-order valence-electron chi connectivity index (χ2n) is 7.03. The third-order valence-electron chi connectivity index (χ3n) is 4.86. The molecule has 2 aromatic rings. The molecule has 1 aliphatic rings. The van der Waals surface area contributed by atoms with E-state index in [4.69, 9.17) is 0 Å². The molecule has 27 heavy (non-hydrogen) atoms. The van der Waals surface area contributed by atoms with Gasteiger partial charge in [-0.2, -0.15) is 0 Å². The average Bonchev–Trinajstić information content (AvgIpc) is 2.68. The number of carbonyl (C=O) groups excluding carboxylic acids is 2. The number of nitrogens with zero attached hydrogens (tertiary/aromatic N) is 2. The lowest BCUT2D eigenvalue weighted by molar-refractivity contribution is 0.0697. The minimum atomic E-state index is -0.0880. The van der Waals surface area contributed by atoms with E-state index in [0.29, 0.717) is 37.1 Å². The zero-order valence-electron chi connectivity index (χ0n) is 15.7. The molecule has 1 heterocycles. The van der Waals surface area contributed by atoms with Crippen LogP contribution in [0.25, 0.3) is 0 Å². The third kappa shape index (κ3) is 4.58. The summed E-state index contributed by atoms with van der Waals surface area (Å²) in [5, 5.41) is 12.6. The van der Waals surface area contributed by atoms with Gasteiger partial charge in [0.25, 0.3) is 11.8 Å². The minimum absolute atomic E-state index is 0.0549. The van der Waals surface area contributed by atoms with Crippen molar-refractivity contribution >= 4 is 17.5 Å². The fraction of sp³-hybridized carbons (Fsp3) is 0.333. The second-order valence-corrected chi connectivity index (χ2v) is 7.03. The third-order valence-corrected chi connectivity index (χ3v) is 4.86. The summed E-state index contributed by atoms with van der Waals surface area (Å²) in [7, 11) is 3.92. The van der Waals surface area contributed by atoms with Crippen molar-refractivity contribution < 1.29 is 14.7 Å². The summed E-state index contributed by atoms with van der Waals surface area (Å²) in [5.74, 6) is -0.0868. The van der Waals surface area contributed by atoms with E-state index >= 15 is 0 Å². The zero-order valence-corrected chi connectivity index (χ0v) is 15.7. The predicted molar refractivity (Wildman–Crippen MR) is 105 cm³/mol. The lowest BCUT2D eigenvalue weighted by atomic mass is 10.0. The number of carbonyl (C=O) groups is 2. The molecule has 1 saturated heterocycles. The first-order chi connectivity index (χ1) is 12.9. The molecule has 1 aliphatic heterocycles. The first-order valence-electron chi connectivity index (χ1n) is 9.10. The van der Waals surface area contributed by atoms with Crippen molar-refractivity contribution in [2.45, 2.75) is 18.9 Å². The molecular weight excluding hydrogens is 342 g/mol. The molecule has 142 valence electrons. The number of hydrogen-bond acceptors (Lipinski definition) is 4. The molecule has 6 nitrogen and oxygen atoms in total. The molecule has 0 atom stereocenters. The Morgan fingerprint density at radius 1 is 1.04 bits per heavy atom. The van der Waals surface area contributed by atoms with Gasteiger partial charge in [0.05, 0.1) is 0 Å². The zero-order chi connectivity index (χ0) is 19.4. The van der Waals surface area contributed by atoms with Crippen LogP contribution in [-0.2, 0) is 0 Å². The molecule has 3 rings (SSSR count). The minimum Gasteiger partial charge on any atom is -0.508 e. The standard InChI is InChI=1S/C21H25N3O3/c1-23(2)18-8-6-15(7-9-18)20(26)22-17-10-12-24(13-11-17)21(27)16-4-3-5-19(25)14-16/h3-9,14,17,25H,10-13H2,1-2H3,(H,22,26). The monoisotopic (exact) mass is 367 g/mol. The Morgan fingerprint density at radius 2 is 1.70 bits per heavy atom. The predicted octanol–water partition coefficient (Wildman–Crippen LogP) is 2.49. The number of likely N-dealkylation sites (tertiary alicyclic amines) is 1. The highest BCUT2D eigenvalue weighted by Gasteiger charge is 2.25. The molecule has 1 fully saturated rings. The van der Waals surface area contributed by atoms with Gasteiger partial charge >= 0.3 is 0 Å². The van der Waals surface area contributed by atoms with Gasteiger partial charge in [0.15, 0.2) is 0 Å². The number of benzene rings is 2. The summed E-state index contributed by atoms with van der Waals surface area (Å²) in [6.07, 6.45) is 1.43. The molecule has 0 spiro atoms. The van der Waals surface area contributed by atoms with E-state index in [1.54, 1.807) is 23.1 Å². The molecule has 0 bridgehead atoms. The first-order valence-corrected chi connectivity index (χ1v) is 9.10. The van der Waals surface area contributed by atoms with Crippen LogP contribution in [0, 0.1) is 0 Å². The summed E-state index contributed by atoms with van der Waals surface area (Å²) >= 11 is 0. The lowest BCUT2D eigenvalue weighted by Crippen LogP contribution is -2.46. The van der Waals surface area contributed by atoms with Crippen molar-refractivity contribution in [2.24, 2.45) is 0 Å². The van der Waals surface area contributed by atoms with E-state index in [2.05, 4.69) is 5.32 Å². The Balaban J connectivity index is 1.53. The van der Waals surface area contributed by atoms with Gasteiger partial charge in [0, 0.05) is 50.0 Å². The molecule has 0 saturated carbocycles. The van der Waals surface area contributed by atoms with Crippen molar-refractivity contribution in [1.82, 2.24) is 10.2 Å². The Kier molecular flexibility index (Phi) is 5.64. The van der Waals surface area contributed by atoms with Crippen LogP contribution in [0.3, 0.4) is 0 Å². The van der Waals surface area contributed by atoms with Crippen LogP contribution in [0.2, 0.25) is 0 Å². The van der Waals surface area contributed by atoms with Crippen molar-refractivity contribution in [1.29, 1.82) is 0 Å². The molecule has 2 aromatic carbocycles. The maximum atomic E-state index is 12.5. The Labute approximate surface area is 159 Å². The number of rotatable bonds is 4. The van der Waals surface area contributed by atoms with Gasteiger partial charge in [-0.1, -0.05) is 6.07 Å². The largest absolute Gasteiger partial charge is 0.508 e. The molecule has 0 unspecified atom stereocenters. The summed E-state index contributed by atoms with van der Waals surface area (Å²) in [4.78, 5) is 28.7. The van der Waals surface area contributed by atoms with Gasteiger partial charge in [-0.05, 0) is 55.3 Å². The quantitative estimate of drug-likeness (QED) is 0.871. The van der Waals surface area contributed by atoms with Crippen molar-refractivity contribution in [3.63, 3.8) is 0 Å². The number of hydrogen-bond donors (Lipinski definition) is 2. The van der Waals surface area contributed by atoms with Gasteiger partial charge in [-0.25, -0.2) is 0 Å². The molecule has 0 aromatic heterocycles. The lowest BCUT2D eigenvalue weighted by Gasteiger charge is -2.32. The number of piperidine rings is 1. The van der Waals surface area contributed by atoms with Crippen LogP contribution in [0.1, 0.15) is 33.6 Å². The number of aromatic hydroxyl groups is 1. The van der Waals surface area contributed by atoms with Crippen LogP contribution in [0.4, 0.5) is 5.69 Å². The summed E-state index contributed by atoms with van der Waals surface area (Å²) < 4.78 is 0. The van der Waals surface area contributed by atoms with Gasteiger partial charge in [0.1, 0.15) is 5.75 Å². The van der Waals surface area contributed by atoms with E-state index in [1.165, 1.54) is 6.07 Å². The summed E-state index contributed by atoms with van der Waals surface area (Å²) in [5.41, 5.74) is 2.17. The van der Waals surface area contributed by atoms with Crippen LogP contribution in [0.15, 0.2) is 48.5 Å². The number of nitrogens with one attached hydrogen (secondary N) is 1. The number of phenolic OH excluding ortho intramolecular Hbond substituents is 1. The molecule has 0 radical (unpaired) electrons. The maximum Gasteiger partial charge on any atom is 0.253 e. The maximum absolute atomic E-state index is 12.5. The van der Waals surface area contributed by atoms with Crippen LogP contribution in [0.5, 0.6) is 5.75 Å². The highest BCUT2D eigenvalue weighted by atomic mass is 16.3. The molecule has 0 aliphatic carbocycles. The smallest absolute Gasteiger partial charge is 0.253 e. The summed E-state index contributed by atoms with van der Waals surface area (Å²) in [6.45, 7) is 1.16. The second kappa shape index (κ2) is 8.12. The van der Waals surface area contributed by atoms with Gasteiger partial charge in [0.2, 0.25) is 0 Å². The number of amides is 2. The van der Waals surface area contributed by atoms with Crippen molar-refractivity contribution in [2.75, 3.05) is 32.1 Å². The van der Waals surface area contributed by atoms with E-state index in [1.807, 2.05) is 43.3 Å². The van der Waals surface area contributed by atoms with Gasteiger partial charge in [-0.15, -0.1) is 0 Å². The highest BCUT2D eigenvalue weighted by Crippen LogP contribution is 2.18. The van der Waals surface area contributed by atoms with Crippen molar-refractivity contribution in [3.8, 4) is 5.75 Å². The van der Waals surface area contributed by atoms with Crippen LogP contribution in [-0.4, -0.2) is 55.0 Å². The van der Waals surface area contributed by atoms with E-state index in [0.717, 1.165) is 5.69 Å². The fourth-order valence-corrected chi connectivity index (χ4v) is 3.23. The Morgan fingerprint density at radius 3 is 2.30 bits per heavy atom. The van der Waals surface area contributed by atoms with Crippen LogP contribution >= 0.6 is 0 Å². The Hall–Kier alpha value is -3.02. The molecule has 6 heteroatoms. The first kappa shape index (κ1) is 18.8. The molecular formula is C21H25N3O3. The fourth-order valence-electron chi connectivity index (χ4n) is 3.23. The average molecular weight is 367 g/mol. The number of phenols is 1. The van der Waals surface area contributed by atoms with E-state index < -0.39 is 0 Å². The van der Waals surface area contributed by atoms with E-state index in [9.17, 15) is 14.7 Å². The molecule has 2 amide bonds. The van der Waals surface area contributed by atoms with E-state index in [-0.39, 0.29) is 23.6 Å². The van der Waals surface area contributed by atoms with Crippen LogP contribution < -0.4 is 10.2 Å². The topological polar surface area (TPSA) is 72.9 Å². The number of anilines is 1. The van der Waals surface area contributed by atoms with Gasteiger partial charge in [-0.3, -0.25) is 9.59 Å². The Bertz CT molecular complexity index is 810. The molecule has 2 N–H and O–H groups in total. The highest BCUT2D eigenvalue weighted by molar-refractivity contribution is 5.95. The summed E-state index contributed by atoms with van der Waals surface area (Å²) in [6, 6.07) is 13.9. The van der Waals surface area contributed by atoms with Crippen molar-refractivity contribution in [3.05, 3.63) is 59.7 Å². The normalized spacial score (nSPS) is 14.7.